The minimum absolute atomic E-state index is 0.0646. The lowest BCUT2D eigenvalue weighted by Crippen LogP contribution is -2.24. The third-order valence-corrected chi connectivity index (χ3v) is 2.52. The van der Waals surface area contributed by atoms with E-state index in [1.807, 2.05) is 0 Å². The third kappa shape index (κ3) is 5.50. The maximum atomic E-state index is 5.30. The van der Waals surface area contributed by atoms with Gasteiger partial charge in [0.05, 0.1) is 26.6 Å². The van der Waals surface area contributed by atoms with Crippen LogP contribution in [0.2, 0.25) is 0 Å². The molecule has 0 atom stereocenters. The summed E-state index contributed by atoms with van der Waals surface area (Å²) in [6, 6.07) is 3.46. The molecule has 6 N–H and O–H groups in total. The van der Waals surface area contributed by atoms with E-state index in [4.69, 9.17) is 20.9 Å². The molecule has 0 aromatic heterocycles. The highest BCUT2D eigenvalue weighted by Crippen LogP contribution is 2.26. The molecule has 118 valence electrons. The van der Waals surface area contributed by atoms with Crippen molar-refractivity contribution in [1.82, 2.24) is 10.9 Å². The summed E-state index contributed by atoms with van der Waals surface area (Å²) in [6.45, 7) is 0. The number of rotatable bonds is 6. The SMILES string of the molecule is COc1cc(C=NNC(N)=S)c(OC)cc1C=NNC(N)=S. The lowest BCUT2D eigenvalue weighted by molar-refractivity contribution is 0.402. The summed E-state index contributed by atoms with van der Waals surface area (Å²) in [5.41, 5.74) is 16.8. The Morgan fingerprint density at radius 3 is 1.59 bits per heavy atom. The number of hydrogen-bond donors (Lipinski definition) is 4. The van der Waals surface area contributed by atoms with Crippen LogP contribution in [0.25, 0.3) is 0 Å². The summed E-state index contributed by atoms with van der Waals surface area (Å²) in [7, 11) is 3.07. The largest absolute Gasteiger partial charge is 0.496 e. The summed E-state index contributed by atoms with van der Waals surface area (Å²) in [4.78, 5) is 0. The van der Waals surface area contributed by atoms with E-state index in [0.29, 0.717) is 22.6 Å². The molecular weight excluding hydrogens is 324 g/mol. The van der Waals surface area contributed by atoms with Crippen molar-refractivity contribution in [1.29, 1.82) is 0 Å². The monoisotopic (exact) mass is 340 g/mol. The maximum absolute atomic E-state index is 5.30. The zero-order valence-electron chi connectivity index (χ0n) is 12.0. The molecule has 0 saturated carbocycles. The highest BCUT2D eigenvalue weighted by atomic mass is 32.1. The van der Waals surface area contributed by atoms with Gasteiger partial charge in [-0.1, -0.05) is 0 Å². The van der Waals surface area contributed by atoms with Gasteiger partial charge in [-0.3, -0.25) is 10.9 Å². The van der Waals surface area contributed by atoms with Gasteiger partial charge in [0.1, 0.15) is 11.5 Å². The smallest absolute Gasteiger partial charge is 0.184 e. The molecule has 0 radical (unpaired) electrons. The lowest BCUT2D eigenvalue weighted by Gasteiger charge is -2.10. The molecule has 1 rings (SSSR count). The van der Waals surface area contributed by atoms with Crippen molar-refractivity contribution in [3.05, 3.63) is 23.3 Å². The van der Waals surface area contributed by atoms with Crippen LogP contribution in [0.4, 0.5) is 0 Å². The molecule has 0 saturated heterocycles. The average Bonchev–Trinajstić information content (AvgIpc) is 2.47. The Bertz CT molecular complexity index is 564. The summed E-state index contributed by atoms with van der Waals surface area (Å²) in [5.74, 6) is 1.12. The first kappa shape index (κ1) is 17.6. The molecule has 0 fully saturated rings. The fourth-order valence-electron chi connectivity index (χ4n) is 1.48. The van der Waals surface area contributed by atoms with Crippen molar-refractivity contribution < 1.29 is 9.47 Å². The second-order valence-electron chi connectivity index (χ2n) is 3.80. The Labute approximate surface area is 138 Å². The highest BCUT2D eigenvalue weighted by molar-refractivity contribution is 7.80. The first-order valence-electron chi connectivity index (χ1n) is 5.91. The van der Waals surface area contributed by atoms with Gasteiger partial charge in [0.25, 0.3) is 0 Å². The number of nitrogens with one attached hydrogen (secondary N) is 2. The Kier molecular flexibility index (Phi) is 6.99. The van der Waals surface area contributed by atoms with E-state index >= 15 is 0 Å². The van der Waals surface area contributed by atoms with Gasteiger partial charge in [-0.2, -0.15) is 10.2 Å². The maximum Gasteiger partial charge on any atom is 0.184 e. The second kappa shape index (κ2) is 8.74. The zero-order valence-corrected chi connectivity index (χ0v) is 13.6. The molecule has 0 amide bonds. The van der Waals surface area contributed by atoms with Crippen LogP contribution in [0, 0.1) is 0 Å². The number of benzene rings is 1. The molecule has 0 aliphatic carbocycles. The molecule has 10 heteroatoms. The van der Waals surface area contributed by atoms with Gasteiger partial charge in [0, 0.05) is 11.1 Å². The van der Waals surface area contributed by atoms with E-state index in [0.717, 1.165) is 0 Å². The van der Waals surface area contributed by atoms with Crippen molar-refractivity contribution in [3.8, 4) is 11.5 Å². The summed E-state index contributed by atoms with van der Waals surface area (Å²) in [6.07, 6.45) is 3.02. The molecule has 1 aromatic carbocycles. The van der Waals surface area contributed by atoms with Crippen molar-refractivity contribution in [2.24, 2.45) is 21.7 Å². The number of nitrogens with zero attached hydrogens (tertiary/aromatic N) is 2. The van der Waals surface area contributed by atoms with Crippen molar-refractivity contribution in [2.45, 2.75) is 0 Å². The zero-order chi connectivity index (χ0) is 16.5. The van der Waals surface area contributed by atoms with Crippen LogP contribution < -0.4 is 31.8 Å². The number of nitrogens with two attached hydrogens (primary N) is 2. The van der Waals surface area contributed by atoms with Crippen LogP contribution in [0.1, 0.15) is 11.1 Å². The quantitative estimate of drug-likeness (QED) is 0.325. The molecular formula is C12H16N6O2S2. The molecule has 8 nitrogen and oxygen atoms in total. The van der Waals surface area contributed by atoms with Gasteiger partial charge in [-0.05, 0) is 36.6 Å². The summed E-state index contributed by atoms with van der Waals surface area (Å²) in [5, 5.41) is 7.90. The minimum atomic E-state index is 0.0646. The van der Waals surface area contributed by atoms with Gasteiger partial charge in [-0.15, -0.1) is 0 Å². The first-order chi connectivity index (χ1) is 10.5. The number of thiocarbonyl (C=S) groups is 2. The second-order valence-corrected chi connectivity index (χ2v) is 4.68. The Morgan fingerprint density at radius 2 is 1.32 bits per heavy atom. The van der Waals surface area contributed by atoms with E-state index in [-0.39, 0.29) is 10.2 Å². The van der Waals surface area contributed by atoms with Crippen LogP contribution in [-0.2, 0) is 0 Å². The van der Waals surface area contributed by atoms with E-state index in [1.54, 1.807) is 12.1 Å². The summed E-state index contributed by atoms with van der Waals surface area (Å²) >= 11 is 9.32. The molecule has 0 bridgehead atoms. The van der Waals surface area contributed by atoms with Crippen molar-refractivity contribution in [2.75, 3.05) is 14.2 Å². The van der Waals surface area contributed by atoms with Crippen LogP contribution >= 0.6 is 24.4 Å². The van der Waals surface area contributed by atoms with E-state index < -0.39 is 0 Å². The van der Waals surface area contributed by atoms with Gasteiger partial charge in [-0.25, -0.2) is 0 Å². The number of methoxy groups -OCH3 is 2. The van der Waals surface area contributed by atoms with Crippen LogP contribution in [0.15, 0.2) is 22.3 Å². The van der Waals surface area contributed by atoms with Crippen LogP contribution in [-0.4, -0.2) is 36.9 Å². The van der Waals surface area contributed by atoms with Gasteiger partial charge < -0.3 is 20.9 Å². The fraction of sp³-hybridized carbons (Fsp3) is 0.167. The number of hydrogen-bond acceptors (Lipinski definition) is 6. The predicted octanol–water partition coefficient (Wildman–Crippen LogP) is 0.0380. The Morgan fingerprint density at radius 1 is 0.955 bits per heavy atom. The standard InChI is InChI=1S/C12H16N6O2S2/c1-19-9-3-8(6-16-18-12(14)22)10(20-2)4-7(9)5-15-17-11(13)21/h3-6H,1-2H3,(H3,13,17,21)(H3,14,18,22). The van der Waals surface area contributed by atoms with Gasteiger partial charge in [0.2, 0.25) is 0 Å². The minimum Gasteiger partial charge on any atom is -0.496 e. The molecule has 0 aliphatic heterocycles. The molecule has 0 unspecified atom stereocenters. The summed E-state index contributed by atoms with van der Waals surface area (Å²) < 4.78 is 10.6. The number of hydrazone groups is 2. The topological polar surface area (TPSA) is 119 Å². The van der Waals surface area contributed by atoms with E-state index in [9.17, 15) is 0 Å². The fourth-order valence-corrected chi connectivity index (χ4v) is 1.58. The normalized spacial score (nSPS) is 10.6. The van der Waals surface area contributed by atoms with E-state index in [1.165, 1.54) is 26.6 Å². The van der Waals surface area contributed by atoms with E-state index in [2.05, 4.69) is 45.5 Å². The van der Waals surface area contributed by atoms with Crippen molar-refractivity contribution in [3.63, 3.8) is 0 Å². The van der Waals surface area contributed by atoms with Crippen LogP contribution in [0.3, 0.4) is 0 Å². The van der Waals surface area contributed by atoms with Crippen molar-refractivity contribution >= 4 is 47.1 Å². The van der Waals surface area contributed by atoms with Gasteiger partial charge >= 0.3 is 0 Å². The number of ether oxygens (including phenoxy) is 2. The van der Waals surface area contributed by atoms with Gasteiger partial charge in [0.15, 0.2) is 10.2 Å². The third-order valence-electron chi connectivity index (χ3n) is 2.34. The Hall–Kier alpha value is -2.46. The average molecular weight is 340 g/mol. The molecule has 0 aliphatic rings. The Balaban J connectivity index is 3.11. The predicted molar refractivity (Wildman–Crippen MR) is 94.6 cm³/mol. The molecule has 1 aromatic rings. The first-order valence-corrected chi connectivity index (χ1v) is 6.72. The highest BCUT2D eigenvalue weighted by Gasteiger charge is 2.09. The van der Waals surface area contributed by atoms with Crippen LogP contribution in [0.5, 0.6) is 11.5 Å². The lowest BCUT2D eigenvalue weighted by atomic mass is 10.1. The molecule has 0 spiro atoms. The molecule has 22 heavy (non-hydrogen) atoms. The molecule has 0 heterocycles.